The Morgan fingerprint density at radius 3 is 1.26 bits per heavy atom. The zero-order chi connectivity index (χ0) is 16.5. The largest absolute Gasteiger partial charge is 0.378 e. The van der Waals surface area contributed by atoms with E-state index in [1.54, 1.807) is 0 Å². The second-order valence-corrected chi connectivity index (χ2v) is 5.71. The molecule has 0 aliphatic heterocycles. The van der Waals surface area contributed by atoms with Crippen molar-refractivity contribution in [2.45, 2.75) is 0 Å². The molecular weight excluding hydrogens is 354 g/mol. The number of hydrogen-bond acceptors (Lipinski definition) is 8. The van der Waals surface area contributed by atoms with Gasteiger partial charge in [0, 0.05) is 6.54 Å². The van der Waals surface area contributed by atoms with Gasteiger partial charge in [-0.1, -0.05) is 0 Å². The summed E-state index contributed by atoms with van der Waals surface area (Å²) in [6, 6.07) is 0. The van der Waals surface area contributed by atoms with Crippen LogP contribution in [0.25, 0.3) is 0 Å². The molecule has 0 bridgehead atoms. The summed E-state index contributed by atoms with van der Waals surface area (Å²) in [5.41, 5.74) is 5.26. The second kappa shape index (κ2) is 18.3. The first-order valence-corrected chi connectivity index (χ1v) is 8.71. The predicted octanol–water partition coefficient (Wildman–Crippen LogP) is -0.662. The topological polar surface area (TPSA) is 127 Å². The van der Waals surface area contributed by atoms with Gasteiger partial charge in [-0.05, 0) is 0 Å². The summed E-state index contributed by atoms with van der Waals surface area (Å²) in [7, 11) is -3.95. The lowest BCUT2D eigenvalue weighted by molar-refractivity contribution is -0.00960. The third-order valence-electron chi connectivity index (χ3n) is 2.24. The third kappa shape index (κ3) is 24.3. The van der Waals surface area contributed by atoms with Crippen molar-refractivity contribution in [3.63, 3.8) is 0 Å². The maximum Gasteiger partial charge on any atom is 0.267 e. The molecule has 0 fully saturated rings. The summed E-state index contributed by atoms with van der Waals surface area (Å²) in [5, 5.41) is 0. The van der Waals surface area contributed by atoms with Crippen molar-refractivity contribution < 1.29 is 36.7 Å². The zero-order valence-electron chi connectivity index (χ0n) is 13.2. The highest BCUT2D eigenvalue weighted by atomic mass is 35.5. The average molecular weight is 382 g/mol. The summed E-state index contributed by atoms with van der Waals surface area (Å²) in [6.45, 7) is 4.47. The fourth-order valence-electron chi connectivity index (χ4n) is 1.23. The molecular formula is C12H28ClNO8S. The number of ether oxygens (including phenoxy) is 5. The summed E-state index contributed by atoms with van der Waals surface area (Å²) < 4.78 is 55.1. The lowest BCUT2D eigenvalue weighted by atomic mass is 10.7. The SMILES string of the molecule is Cl.NCCOCCOCCOCCOCCOCCS(=O)(=O)O. The van der Waals surface area contributed by atoms with Crippen LogP contribution in [0.15, 0.2) is 0 Å². The van der Waals surface area contributed by atoms with Crippen LogP contribution >= 0.6 is 12.4 Å². The van der Waals surface area contributed by atoms with Crippen LogP contribution in [0.3, 0.4) is 0 Å². The van der Waals surface area contributed by atoms with Gasteiger partial charge >= 0.3 is 0 Å². The van der Waals surface area contributed by atoms with Gasteiger partial charge in [-0.2, -0.15) is 8.42 Å². The molecule has 0 atom stereocenters. The molecule has 11 heteroatoms. The maximum absolute atomic E-state index is 10.4. The van der Waals surface area contributed by atoms with Crippen LogP contribution in [-0.4, -0.2) is 91.3 Å². The highest BCUT2D eigenvalue weighted by Crippen LogP contribution is 1.86. The number of nitrogens with two attached hydrogens (primary N) is 1. The normalized spacial score (nSPS) is 11.4. The standard InChI is InChI=1S/C12H27NO8S.ClH/c13-1-2-17-3-4-18-5-6-19-7-8-20-9-10-21-11-12-22(14,15)16;/h1-13H2,(H,14,15,16);1H. The molecule has 142 valence electrons. The van der Waals surface area contributed by atoms with Crippen LogP contribution in [-0.2, 0) is 33.8 Å². The third-order valence-corrected chi connectivity index (χ3v) is 2.92. The fraction of sp³-hybridized carbons (Fsp3) is 1.00. The molecule has 0 aliphatic carbocycles. The van der Waals surface area contributed by atoms with E-state index in [9.17, 15) is 8.42 Å². The molecule has 0 rings (SSSR count). The molecule has 0 aromatic carbocycles. The Morgan fingerprint density at radius 1 is 0.652 bits per heavy atom. The Bertz CT molecular complexity index is 331. The van der Waals surface area contributed by atoms with Crippen LogP contribution in [0.5, 0.6) is 0 Å². The van der Waals surface area contributed by atoms with E-state index in [0.717, 1.165) is 0 Å². The predicted molar refractivity (Wildman–Crippen MR) is 86.8 cm³/mol. The first kappa shape index (κ1) is 25.2. The van der Waals surface area contributed by atoms with Gasteiger partial charge in [-0.3, -0.25) is 4.55 Å². The van der Waals surface area contributed by atoms with Gasteiger partial charge in [0.2, 0.25) is 0 Å². The Balaban J connectivity index is 0. The fourth-order valence-corrected chi connectivity index (χ4v) is 1.56. The molecule has 0 aliphatic rings. The van der Waals surface area contributed by atoms with Gasteiger partial charge < -0.3 is 29.4 Å². The highest BCUT2D eigenvalue weighted by Gasteiger charge is 2.03. The lowest BCUT2D eigenvalue weighted by Crippen LogP contribution is -2.15. The summed E-state index contributed by atoms with van der Waals surface area (Å²) >= 11 is 0. The Hall–Kier alpha value is -0.0400. The van der Waals surface area contributed by atoms with Crippen LogP contribution in [0.1, 0.15) is 0 Å². The van der Waals surface area contributed by atoms with Gasteiger partial charge in [0.05, 0.1) is 71.8 Å². The van der Waals surface area contributed by atoms with E-state index in [-0.39, 0.29) is 25.6 Å². The highest BCUT2D eigenvalue weighted by molar-refractivity contribution is 7.85. The quantitative estimate of drug-likeness (QED) is 0.249. The van der Waals surface area contributed by atoms with E-state index in [0.29, 0.717) is 59.4 Å². The molecule has 23 heavy (non-hydrogen) atoms. The molecule has 9 nitrogen and oxygen atoms in total. The van der Waals surface area contributed by atoms with Crippen molar-refractivity contribution in [1.82, 2.24) is 0 Å². The van der Waals surface area contributed by atoms with Crippen molar-refractivity contribution in [3.05, 3.63) is 0 Å². The van der Waals surface area contributed by atoms with E-state index in [2.05, 4.69) is 0 Å². The molecule has 3 N–H and O–H groups in total. The maximum atomic E-state index is 10.4. The minimum atomic E-state index is -3.95. The van der Waals surface area contributed by atoms with E-state index < -0.39 is 15.9 Å². The molecule has 0 unspecified atom stereocenters. The van der Waals surface area contributed by atoms with Crippen LogP contribution < -0.4 is 5.73 Å². The van der Waals surface area contributed by atoms with Crippen LogP contribution in [0, 0.1) is 0 Å². The Labute approximate surface area is 143 Å². The summed E-state index contributed by atoms with van der Waals surface area (Å²) in [5.74, 6) is -0.409. The average Bonchev–Trinajstić information content (AvgIpc) is 2.45. The first-order valence-electron chi connectivity index (χ1n) is 7.10. The van der Waals surface area contributed by atoms with Gasteiger partial charge in [0.25, 0.3) is 10.1 Å². The molecule has 0 aromatic heterocycles. The van der Waals surface area contributed by atoms with Crippen molar-refractivity contribution >= 4 is 22.5 Å². The molecule has 0 aromatic rings. The molecule has 0 spiro atoms. The van der Waals surface area contributed by atoms with Crippen molar-refractivity contribution in [3.8, 4) is 0 Å². The smallest absolute Gasteiger partial charge is 0.267 e. The monoisotopic (exact) mass is 381 g/mol. The van der Waals surface area contributed by atoms with Gasteiger partial charge in [-0.15, -0.1) is 12.4 Å². The molecule has 0 radical (unpaired) electrons. The number of rotatable bonds is 17. The Morgan fingerprint density at radius 2 is 0.957 bits per heavy atom. The van der Waals surface area contributed by atoms with E-state index in [1.807, 2.05) is 0 Å². The summed E-state index contributed by atoms with van der Waals surface area (Å²) in [4.78, 5) is 0. The molecule has 0 heterocycles. The van der Waals surface area contributed by atoms with Crippen molar-refractivity contribution in [2.75, 3.05) is 78.4 Å². The van der Waals surface area contributed by atoms with Gasteiger partial charge in [0.1, 0.15) is 0 Å². The molecule has 0 saturated heterocycles. The van der Waals surface area contributed by atoms with Crippen molar-refractivity contribution in [2.24, 2.45) is 5.73 Å². The second-order valence-electron chi connectivity index (χ2n) is 4.14. The zero-order valence-corrected chi connectivity index (χ0v) is 14.8. The number of halogens is 1. The van der Waals surface area contributed by atoms with Crippen LogP contribution in [0.2, 0.25) is 0 Å². The van der Waals surface area contributed by atoms with Gasteiger partial charge in [0.15, 0.2) is 0 Å². The Kier molecular flexibility index (Phi) is 20.1. The van der Waals surface area contributed by atoms with Crippen LogP contribution in [0.4, 0.5) is 0 Å². The van der Waals surface area contributed by atoms with E-state index >= 15 is 0 Å². The minimum absolute atomic E-state index is 0. The minimum Gasteiger partial charge on any atom is -0.378 e. The van der Waals surface area contributed by atoms with E-state index in [4.69, 9.17) is 34.0 Å². The summed E-state index contributed by atoms with van der Waals surface area (Å²) in [6.07, 6.45) is 0. The van der Waals surface area contributed by atoms with Crippen molar-refractivity contribution in [1.29, 1.82) is 0 Å². The first-order chi connectivity index (χ1) is 10.6. The lowest BCUT2D eigenvalue weighted by Gasteiger charge is -2.07. The molecule has 0 saturated carbocycles. The number of hydrogen-bond donors (Lipinski definition) is 2. The van der Waals surface area contributed by atoms with Gasteiger partial charge in [-0.25, -0.2) is 0 Å². The molecule has 0 amide bonds. The van der Waals surface area contributed by atoms with E-state index in [1.165, 1.54) is 0 Å².